The molecule has 0 bridgehead atoms. The van der Waals surface area contributed by atoms with Gasteiger partial charge in [0.1, 0.15) is 17.4 Å². The lowest BCUT2D eigenvalue weighted by atomic mass is 9.80. The van der Waals surface area contributed by atoms with E-state index in [9.17, 15) is 5.26 Å². The molecule has 0 saturated carbocycles. The predicted octanol–water partition coefficient (Wildman–Crippen LogP) is 5.69. The van der Waals surface area contributed by atoms with Crippen LogP contribution in [0, 0.1) is 11.3 Å². The van der Waals surface area contributed by atoms with E-state index in [4.69, 9.17) is 10.5 Å². The van der Waals surface area contributed by atoms with Crippen molar-refractivity contribution >= 4 is 37.9 Å². The largest absolute Gasteiger partial charge is 0.440 e. The lowest BCUT2D eigenvalue weighted by molar-refractivity contribution is 0.239. The highest BCUT2D eigenvalue weighted by atomic mass is 79.9. The maximum absolute atomic E-state index is 9.86. The SMILES string of the molecule is CCN1CC2=C(OC(N)=C(C#N)[C@H]2c2ccc(Br)cc2)/C(=C/c2ccc(Br)cc2)C1. The van der Waals surface area contributed by atoms with Crippen LogP contribution in [0.1, 0.15) is 24.0 Å². The zero-order valence-corrected chi connectivity index (χ0v) is 19.7. The van der Waals surface area contributed by atoms with E-state index in [-0.39, 0.29) is 11.8 Å². The molecule has 30 heavy (non-hydrogen) atoms. The fraction of sp³-hybridized carbons (Fsp3) is 0.208. The Hall–Kier alpha value is -2.33. The highest BCUT2D eigenvalue weighted by molar-refractivity contribution is 9.10. The normalized spacial score (nSPS) is 20.7. The Kier molecular flexibility index (Phi) is 6.14. The summed E-state index contributed by atoms with van der Waals surface area (Å²) in [5.41, 5.74) is 11.0. The van der Waals surface area contributed by atoms with E-state index >= 15 is 0 Å². The summed E-state index contributed by atoms with van der Waals surface area (Å²) in [5.74, 6) is 0.775. The Bertz CT molecular complexity index is 1090. The van der Waals surface area contributed by atoms with Crippen LogP contribution in [0.15, 0.2) is 85.8 Å². The zero-order chi connectivity index (χ0) is 21.3. The van der Waals surface area contributed by atoms with Gasteiger partial charge >= 0.3 is 0 Å². The number of benzene rings is 2. The highest BCUT2D eigenvalue weighted by Crippen LogP contribution is 2.43. The van der Waals surface area contributed by atoms with E-state index in [2.05, 4.69) is 68.0 Å². The summed E-state index contributed by atoms with van der Waals surface area (Å²) in [6.07, 6.45) is 2.15. The molecule has 0 aliphatic carbocycles. The molecular weight excluding hydrogens is 506 g/mol. The first kappa shape index (κ1) is 20.9. The van der Waals surface area contributed by atoms with Crippen LogP contribution in [0.5, 0.6) is 0 Å². The van der Waals surface area contributed by atoms with E-state index in [0.717, 1.165) is 56.6 Å². The minimum absolute atomic E-state index is 0.191. The van der Waals surface area contributed by atoms with Crippen LogP contribution >= 0.6 is 31.9 Å². The Morgan fingerprint density at radius 1 is 1.10 bits per heavy atom. The molecule has 6 heteroatoms. The number of nitrogens with zero attached hydrogens (tertiary/aromatic N) is 2. The minimum Gasteiger partial charge on any atom is -0.440 e. The third kappa shape index (κ3) is 4.11. The predicted molar refractivity (Wildman–Crippen MR) is 126 cm³/mol. The molecular formula is C24H21Br2N3O. The molecule has 2 aliphatic heterocycles. The second kappa shape index (κ2) is 8.81. The van der Waals surface area contributed by atoms with E-state index in [0.29, 0.717) is 5.57 Å². The van der Waals surface area contributed by atoms with Gasteiger partial charge in [0.25, 0.3) is 0 Å². The summed E-state index contributed by atoms with van der Waals surface area (Å²) in [6.45, 7) is 4.56. The van der Waals surface area contributed by atoms with Gasteiger partial charge in [0.15, 0.2) is 0 Å². The van der Waals surface area contributed by atoms with Crippen molar-refractivity contribution in [1.29, 1.82) is 5.26 Å². The van der Waals surface area contributed by atoms with Gasteiger partial charge in [-0.1, -0.05) is 63.0 Å². The Balaban J connectivity index is 1.86. The molecule has 4 nitrogen and oxygen atoms in total. The van der Waals surface area contributed by atoms with Gasteiger partial charge in [-0.3, -0.25) is 4.90 Å². The third-order valence-electron chi connectivity index (χ3n) is 5.47. The van der Waals surface area contributed by atoms with Crippen molar-refractivity contribution in [3.63, 3.8) is 0 Å². The first-order chi connectivity index (χ1) is 14.5. The number of hydrogen-bond donors (Lipinski definition) is 1. The molecule has 0 saturated heterocycles. The molecule has 0 amide bonds. The number of nitriles is 1. The van der Waals surface area contributed by atoms with Crippen molar-refractivity contribution in [3.05, 3.63) is 97.0 Å². The standard InChI is InChI=1S/C24H21Br2N3O/c1-2-29-13-17(11-15-3-7-18(25)8-4-15)23-21(14-29)22(20(12-27)24(28)30-23)16-5-9-19(26)10-6-16/h3-11,22H,2,13-14,28H2,1H3/b17-11+/t22-/m1/s1. The Labute approximate surface area is 193 Å². The summed E-state index contributed by atoms with van der Waals surface area (Å²) in [6, 6.07) is 18.5. The van der Waals surface area contributed by atoms with Crippen LogP contribution in [0.25, 0.3) is 6.08 Å². The molecule has 2 aromatic carbocycles. The van der Waals surface area contributed by atoms with E-state index < -0.39 is 0 Å². The molecule has 2 aromatic rings. The third-order valence-corrected chi connectivity index (χ3v) is 6.53. The molecule has 1 atom stereocenters. The second-order valence-electron chi connectivity index (χ2n) is 7.36. The molecule has 2 heterocycles. The average molecular weight is 527 g/mol. The molecule has 0 aromatic heterocycles. The maximum atomic E-state index is 9.86. The first-order valence-electron chi connectivity index (χ1n) is 9.75. The van der Waals surface area contributed by atoms with Crippen molar-refractivity contribution in [2.45, 2.75) is 12.8 Å². The number of ether oxygens (including phenoxy) is 1. The first-order valence-corrected chi connectivity index (χ1v) is 11.3. The summed E-state index contributed by atoms with van der Waals surface area (Å²) < 4.78 is 8.11. The molecule has 0 spiro atoms. The number of hydrogen-bond acceptors (Lipinski definition) is 4. The number of nitrogens with two attached hydrogens (primary N) is 1. The van der Waals surface area contributed by atoms with Crippen LogP contribution in [0.4, 0.5) is 0 Å². The Morgan fingerprint density at radius 2 is 1.73 bits per heavy atom. The van der Waals surface area contributed by atoms with Crippen molar-refractivity contribution in [2.24, 2.45) is 5.73 Å². The molecule has 4 rings (SSSR count). The number of allylic oxidation sites excluding steroid dienone is 1. The summed E-state index contributed by atoms with van der Waals surface area (Å²) in [4.78, 5) is 2.36. The molecule has 152 valence electrons. The van der Waals surface area contributed by atoms with Gasteiger partial charge in [-0.25, -0.2) is 0 Å². The van der Waals surface area contributed by atoms with Gasteiger partial charge in [-0.05, 0) is 53.6 Å². The fourth-order valence-electron chi connectivity index (χ4n) is 3.96. The van der Waals surface area contributed by atoms with Gasteiger partial charge in [-0.15, -0.1) is 0 Å². The van der Waals surface area contributed by atoms with Crippen molar-refractivity contribution in [2.75, 3.05) is 19.6 Å². The van der Waals surface area contributed by atoms with E-state index in [1.54, 1.807) is 0 Å². The Morgan fingerprint density at radius 3 is 2.33 bits per heavy atom. The monoisotopic (exact) mass is 525 g/mol. The molecule has 2 N–H and O–H groups in total. The van der Waals surface area contributed by atoms with Gasteiger partial charge in [-0.2, -0.15) is 5.26 Å². The highest BCUT2D eigenvalue weighted by Gasteiger charge is 2.37. The van der Waals surface area contributed by atoms with Gasteiger partial charge < -0.3 is 10.5 Å². The summed E-state index contributed by atoms with van der Waals surface area (Å²) >= 11 is 6.98. The van der Waals surface area contributed by atoms with Crippen molar-refractivity contribution in [3.8, 4) is 6.07 Å². The van der Waals surface area contributed by atoms with Crippen molar-refractivity contribution in [1.82, 2.24) is 4.90 Å². The zero-order valence-electron chi connectivity index (χ0n) is 16.5. The van der Waals surface area contributed by atoms with Crippen LogP contribution in [-0.4, -0.2) is 24.5 Å². The average Bonchev–Trinajstić information content (AvgIpc) is 2.75. The lowest BCUT2D eigenvalue weighted by Gasteiger charge is -2.38. The van der Waals surface area contributed by atoms with Crippen LogP contribution in [-0.2, 0) is 4.74 Å². The smallest absolute Gasteiger partial charge is 0.205 e. The quantitative estimate of drug-likeness (QED) is 0.557. The molecule has 0 radical (unpaired) electrons. The van der Waals surface area contributed by atoms with Gasteiger partial charge in [0.2, 0.25) is 5.88 Å². The minimum atomic E-state index is -0.213. The number of halogens is 2. The van der Waals surface area contributed by atoms with E-state index in [1.165, 1.54) is 0 Å². The topological polar surface area (TPSA) is 62.3 Å². The van der Waals surface area contributed by atoms with Crippen LogP contribution in [0.3, 0.4) is 0 Å². The van der Waals surface area contributed by atoms with Gasteiger partial charge in [0.05, 0.1) is 5.92 Å². The molecule has 2 aliphatic rings. The van der Waals surface area contributed by atoms with Crippen LogP contribution < -0.4 is 5.73 Å². The fourth-order valence-corrected chi connectivity index (χ4v) is 4.49. The molecule has 0 unspecified atom stereocenters. The molecule has 0 fully saturated rings. The number of likely N-dealkylation sites (N-methyl/N-ethyl adjacent to an activating group) is 1. The summed E-state index contributed by atoms with van der Waals surface area (Å²) in [5, 5.41) is 9.86. The van der Waals surface area contributed by atoms with Crippen molar-refractivity contribution < 1.29 is 4.74 Å². The maximum Gasteiger partial charge on any atom is 0.205 e. The summed E-state index contributed by atoms with van der Waals surface area (Å²) in [7, 11) is 0. The second-order valence-corrected chi connectivity index (χ2v) is 9.19. The number of rotatable bonds is 3. The van der Waals surface area contributed by atoms with Crippen LogP contribution in [0.2, 0.25) is 0 Å². The van der Waals surface area contributed by atoms with Gasteiger partial charge in [0, 0.05) is 27.6 Å². The van der Waals surface area contributed by atoms with E-state index in [1.807, 2.05) is 36.4 Å². The lowest BCUT2D eigenvalue weighted by Crippen LogP contribution is -2.38.